The van der Waals surface area contributed by atoms with Crippen molar-refractivity contribution in [3.05, 3.63) is 11.9 Å². The molecule has 3 N–H and O–H groups in total. The summed E-state index contributed by atoms with van der Waals surface area (Å²) in [6, 6.07) is 0. The molecule has 7 nitrogen and oxygen atoms in total. The van der Waals surface area contributed by atoms with E-state index in [0.29, 0.717) is 31.9 Å². The van der Waals surface area contributed by atoms with Gasteiger partial charge in [-0.3, -0.25) is 9.48 Å². The molecule has 0 aliphatic carbocycles. The summed E-state index contributed by atoms with van der Waals surface area (Å²) < 4.78 is 1.55. The number of carbonyl (C=O) groups excluding carboxylic acids is 1. The lowest BCUT2D eigenvalue weighted by atomic mass is 9.95. The lowest BCUT2D eigenvalue weighted by molar-refractivity contribution is -0.0109. The topological polar surface area (TPSA) is 97.3 Å². The summed E-state index contributed by atoms with van der Waals surface area (Å²) in [5.74, 6) is -0.182. The molecular formula is C11H19N5O2. The summed E-state index contributed by atoms with van der Waals surface area (Å²) in [4.78, 5) is 13.8. The Morgan fingerprint density at radius 1 is 1.67 bits per heavy atom. The molecule has 100 valence electrons. The second-order valence-electron chi connectivity index (χ2n) is 4.98. The number of piperidine rings is 1. The highest BCUT2D eigenvalue weighted by Gasteiger charge is 2.32. The molecule has 0 radical (unpaired) electrons. The molecule has 1 aliphatic heterocycles. The number of carbonyl (C=O) groups is 1. The zero-order chi connectivity index (χ0) is 13.2. The monoisotopic (exact) mass is 253 g/mol. The van der Waals surface area contributed by atoms with E-state index >= 15 is 0 Å². The molecule has 1 saturated heterocycles. The maximum atomic E-state index is 12.2. The average molecular weight is 253 g/mol. The molecule has 7 heteroatoms. The van der Waals surface area contributed by atoms with Crippen LogP contribution in [0.25, 0.3) is 0 Å². The predicted molar refractivity (Wildman–Crippen MR) is 64.8 cm³/mol. The molecule has 0 aromatic carbocycles. The first-order valence-corrected chi connectivity index (χ1v) is 6.14. The van der Waals surface area contributed by atoms with Gasteiger partial charge in [0, 0.05) is 19.6 Å². The Morgan fingerprint density at radius 3 is 3.11 bits per heavy atom. The van der Waals surface area contributed by atoms with E-state index in [-0.39, 0.29) is 5.91 Å². The highest BCUT2D eigenvalue weighted by atomic mass is 16.3. The Morgan fingerprint density at radius 2 is 2.44 bits per heavy atom. The van der Waals surface area contributed by atoms with Crippen LogP contribution in [0.1, 0.15) is 30.3 Å². The van der Waals surface area contributed by atoms with Crippen molar-refractivity contribution in [3.8, 4) is 0 Å². The second kappa shape index (κ2) is 5.03. The van der Waals surface area contributed by atoms with Gasteiger partial charge in [-0.2, -0.15) is 0 Å². The number of amides is 1. The normalized spacial score (nSPS) is 24.3. The number of rotatable bonds is 3. The number of likely N-dealkylation sites (tertiary alicyclic amines) is 1. The van der Waals surface area contributed by atoms with Gasteiger partial charge < -0.3 is 15.7 Å². The van der Waals surface area contributed by atoms with Crippen LogP contribution >= 0.6 is 0 Å². The summed E-state index contributed by atoms with van der Waals surface area (Å²) in [5.41, 5.74) is 4.91. The number of nitrogens with two attached hydrogens (primary N) is 1. The van der Waals surface area contributed by atoms with E-state index in [1.54, 1.807) is 22.7 Å². The number of β-amino-alcohol motifs (C(OH)–C–C–N with tert-alkyl or cyclic N) is 1. The van der Waals surface area contributed by atoms with Gasteiger partial charge in [0.15, 0.2) is 5.69 Å². The molecule has 1 atom stereocenters. The average Bonchev–Trinajstić information content (AvgIpc) is 2.76. The van der Waals surface area contributed by atoms with Crippen molar-refractivity contribution >= 4 is 5.91 Å². The third kappa shape index (κ3) is 2.85. The third-order valence-electron chi connectivity index (χ3n) is 3.08. The maximum Gasteiger partial charge on any atom is 0.276 e. The first-order valence-electron chi connectivity index (χ1n) is 6.14. The smallest absolute Gasteiger partial charge is 0.276 e. The van der Waals surface area contributed by atoms with Crippen molar-refractivity contribution in [2.45, 2.75) is 31.9 Å². The Balaban J connectivity index is 2.05. The fraction of sp³-hybridized carbons (Fsp3) is 0.727. The number of aromatic nitrogens is 3. The zero-order valence-electron chi connectivity index (χ0n) is 10.5. The maximum absolute atomic E-state index is 12.2. The van der Waals surface area contributed by atoms with Crippen molar-refractivity contribution in [3.63, 3.8) is 0 Å². The molecule has 1 unspecified atom stereocenters. The van der Waals surface area contributed by atoms with Gasteiger partial charge in [0.25, 0.3) is 5.91 Å². The summed E-state index contributed by atoms with van der Waals surface area (Å²) in [6.45, 7) is 3.74. The largest absolute Gasteiger partial charge is 0.388 e. The van der Waals surface area contributed by atoms with Gasteiger partial charge in [-0.25, -0.2) is 0 Å². The fourth-order valence-electron chi connectivity index (χ4n) is 2.19. The van der Waals surface area contributed by atoms with E-state index in [4.69, 9.17) is 5.73 Å². The zero-order valence-corrected chi connectivity index (χ0v) is 10.5. The van der Waals surface area contributed by atoms with Gasteiger partial charge in [0.05, 0.1) is 18.3 Å². The summed E-state index contributed by atoms with van der Waals surface area (Å²) in [6.07, 6.45) is 3.12. The van der Waals surface area contributed by atoms with Crippen LogP contribution in [0, 0.1) is 0 Å². The van der Waals surface area contributed by atoms with Crippen LogP contribution in [0.15, 0.2) is 6.20 Å². The summed E-state index contributed by atoms with van der Waals surface area (Å²) in [7, 11) is 0. The minimum atomic E-state index is -0.804. The Bertz CT molecular complexity index is 429. The SMILES string of the molecule is CC1(O)CCCN(C(=O)c2cn(CCN)nn2)C1. The number of aliphatic hydroxyl groups is 1. The first-order chi connectivity index (χ1) is 8.52. The molecule has 18 heavy (non-hydrogen) atoms. The Kier molecular flexibility index (Phi) is 3.63. The minimum absolute atomic E-state index is 0.182. The van der Waals surface area contributed by atoms with E-state index in [9.17, 15) is 9.90 Å². The highest BCUT2D eigenvalue weighted by molar-refractivity contribution is 5.92. The van der Waals surface area contributed by atoms with Gasteiger partial charge in [-0.15, -0.1) is 5.10 Å². The van der Waals surface area contributed by atoms with E-state index in [1.165, 1.54) is 0 Å². The van der Waals surface area contributed by atoms with Crippen LogP contribution in [-0.2, 0) is 6.54 Å². The molecule has 2 rings (SSSR count). The summed E-state index contributed by atoms with van der Waals surface area (Å²) in [5, 5.41) is 17.7. The third-order valence-corrected chi connectivity index (χ3v) is 3.08. The number of nitrogens with zero attached hydrogens (tertiary/aromatic N) is 4. The van der Waals surface area contributed by atoms with E-state index in [0.717, 1.165) is 12.8 Å². The van der Waals surface area contributed by atoms with E-state index in [2.05, 4.69) is 10.3 Å². The van der Waals surface area contributed by atoms with Crippen LogP contribution < -0.4 is 5.73 Å². The molecule has 1 aromatic heterocycles. The van der Waals surface area contributed by atoms with Crippen molar-refractivity contribution in [2.75, 3.05) is 19.6 Å². The van der Waals surface area contributed by atoms with Gasteiger partial charge in [0.2, 0.25) is 0 Å². The molecule has 1 fully saturated rings. The van der Waals surface area contributed by atoms with Crippen LogP contribution in [0.4, 0.5) is 0 Å². The van der Waals surface area contributed by atoms with Crippen LogP contribution in [-0.4, -0.2) is 56.1 Å². The highest BCUT2D eigenvalue weighted by Crippen LogP contribution is 2.21. The molecule has 1 amide bonds. The fourth-order valence-corrected chi connectivity index (χ4v) is 2.19. The number of hydrogen-bond donors (Lipinski definition) is 2. The molecular weight excluding hydrogens is 234 g/mol. The van der Waals surface area contributed by atoms with Crippen LogP contribution in [0.5, 0.6) is 0 Å². The second-order valence-corrected chi connectivity index (χ2v) is 4.98. The quantitative estimate of drug-likeness (QED) is 0.736. The molecule has 1 aromatic rings. The van der Waals surface area contributed by atoms with Crippen molar-refractivity contribution in [2.24, 2.45) is 5.73 Å². The van der Waals surface area contributed by atoms with E-state index in [1.807, 2.05) is 0 Å². The lowest BCUT2D eigenvalue weighted by Crippen LogP contribution is -2.48. The lowest BCUT2D eigenvalue weighted by Gasteiger charge is -2.36. The van der Waals surface area contributed by atoms with Gasteiger partial charge in [0.1, 0.15) is 0 Å². The van der Waals surface area contributed by atoms with Crippen molar-refractivity contribution in [1.29, 1.82) is 0 Å². The molecule has 0 bridgehead atoms. The predicted octanol–water partition coefficient (Wildman–Crippen LogP) is -0.776. The number of hydrogen-bond acceptors (Lipinski definition) is 5. The minimum Gasteiger partial charge on any atom is -0.388 e. The van der Waals surface area contributed by atoms with Gasteiger partial charge >= 0.3 is 0 Å². The van der Waals surface area contributed by atoms with Crippen molar-refractivity contribution in [1.82, 2.24) is 19.9 Å². The van der Waals surface area contributed by atoms with Gasteiger partial charge in [-0.05, 0) is 19.8 Å². The van der Waals surface area contributed by atoms with Crippen LogP contribution in [0.3, 0.4) is 0 Å². The van der Waals surface area contributed by atoms with Gasteiger partial charge in [-0.1, -0.05) is 5.21 Å². The molecule has 0 spiro atoms. The Labute approximate surface area is 106 Å². The molecule has 1 aliphatic rings. The standard InChI is InChI=1S/C11H19N5O2/c1-11(18)3-2-5-15(8-11)10(17)9-7-16(6-4-12)14-13-9/h7,18H,2-6,8,12H2,1H3. The van der Waals surface area contributed by atoms with E-state index < -0.39 is 5.60 Å². The summed E-state index contributed by atoms with van der Waals surface area (Å²) >= 11 is 0. The van der Waals surface area contributed by atoms with Crippen molar-refractivity contribution < 1.29 is 9.90 Å². The molecule has 2 heterocycles. The Hall–Kier alpha value is -1.47. The van der Waals surface area contributed by atoms with Crippen LogP contribution in [0.2, 0.25) is 0 Å². The first kappa shape index (κ1) is 13.0. The molecule has 0 saturated carbocycles.